The van der Waals surface area contributed by atoms with Crippen LogP contribution in [0, 0.1) is 0 Å². The average Bonchev–Trinajstić information content (AvgIpc) is 2.51. The third kappa shape index (κ3) is 6.34. The van der Waals surface area contributed by atoms with Crippen molar-refractivity contribution in [1.82, 2.24) is 0 Å². The summed E-state index contributed by atoms with van der Waals surface area (Å²) in [5.41, 5.74) is 3.22. The highest BCUT2D eigenvalue weighted by molar-refractivity contribution is 6.01. The van der Waals surface area contributed by atoms with E-state index in [2.05, 4.69) is 17.3 Å². The van der Waals surface area contributed by atoms with Crippen LogP contribution < -0.4 is 10.3 Å². The molecule has 0 aliphatic heterocycles. The molecule has 0 fully saturated rings. The highest BCUT2D eigenvalue weighted by Crippen LogP contribution is 2.12. The van der Waals surface area contributed by atoms with Crippen molar-refractivity contribution in [2.45, 2.75) is 27.7 Å². The number of rotatable bonds is 5. The van der Waals surface area contributed by atoms with Crippen LogP contribution in [0.3, 0.4) is 0 Å². The Morgan fingerprint density at radius 1 is 1.20 bits per heavy atom. The molecule has 0 amide bonds. The van der Waals surface area contributed by atoms with Gasteiger partial charge in [-0.3, -0.25) is 5.01 Å². The molecule has 0 radical (unpaired) electrons. The molecule has 0 aromatic heterocycles. The molecule has 0 unspecified atom stereocenters. The van der Waals surface area contributed by atoms with Crippen molar-refractivity contribution >= 4 is 11.4 Å². The molecule has 0 bridgehead atoms. The second-order valence-corrected chi connectivity index (χ2v) is 3.98. The Labute approximate surface area is 123 Å². The quantitative estimate of drug-likeness (QED) is 0.499. The maximum Gasteiger partial charge on any atom is 0.0930 e. The fourth-order valence-electron chi connectivity index (χ4n) is 1.61. The topological polar surface area (TPSA) is 32.2 Å². The van der Waals surface area contributed by atoms with Crippen LogP contribution in [0.25, 0.3) is 0 Å². The van der Waals surface area contributed by atoms with Gasteiger partial charge in [-0.25, -0.2) is 0 Å². The van der Waals surface area contributed by atoms with Gasteiger partial charge in [0.2, 0.25) is 0 Å². The van der Waals surface area contributed by atoms with Crippen LogP contribution in [0.1, 0.15) is 27.7 Å². The first-order chi connectivity index (χ1) is 9.69. The van der Waals surface area contributed by atoms with E-state index in [4.69, 9.17) is 0 Å². The molecule has 0 saturated carbocycles. The summed E-state index contributed by atoms with van der Waals surface area (Å²) in [4.78, 5) is 0. The molecule has 1 aromatic rings. The van der Waals surface area contributed by atoms with E-state index in [1.165, 1.54) is 0 Å². The van der Waals surface area contributed by atoms with Crippen LogP contribution in [0.2, 0.25) is 0 Å². The van der Waals surface area contributed by atoms with Crippen LogP contribution in [0.4, 0.5) is 5.69 Å². The van der Waals surface area contributed by atoms with Crippen molar-refractivity contribution in [3.63, 3.8) is 0 Å². The number of benzene rings is 1. The van der Waals surface area contributed by atoms with Gasteiger partial charge >= 0.3 is 0 Å². The molecule has 0 aliphatic carbocycles. The van der Waals surface area contributed by atoms with E-state index in [1.54, 1.807) is 0 Å². The minimum Gasteiger partial charge on any atom is -0.322 e. The summed E-state index contributed by atoms with van der Waals surface area (Å²) in [7, 11) is 3.97. The van der Waals surface area contributed by atoms with E-state index < -0.39 is 0 Å². The van der Waals surface area contributed by atoms with Crippen LogP contribution in [0.15, 0.2) is 59.4 Å². The number of nitrogens with two attached hydrogens (primary N) is 1. The normalized spacial score (nSPS) is 12.1. The molecule has 0 aliphatic rings. The van der Waals surface area contributed by atoms with E-state index in [-0.39, 0.29) is 0 Å². The largest absolute Gasteiger partial charge is 0.322 e. The average molecular weight is 274 g/mol. The first kappa shape index (κ1) is 18.1. The molecule has 1 rings (SSSR count). The van der Waals surface area contributed by atoms with Gasteiger partial charge in [0.15, 0.2) is 0 Å². The molecular formula is C17H28N3+. The summed E-state index contributed by atoms with van der Waals surface area (Å²) in [6.07, 6.45) is 6.16. The second kappa shape index (κ2) is 11.0. The van der Waals surface area contributed by atoms with E-state index in [1.807, 2.05) is 88.6 Å². The summed E-state index contributed by atoms with van der Waals surface area (Å²) in [6.45, 7) is 8.05. The van der Waals surface area contributed by atoms with Gasteiger partial charge in [0, 0.05) is 7.05 Å². The zero-order valence-electron chi connectivity index (χ0n) is 13.6. The van der Waals surface area contributed by atoms with Gasteiger partial charge in [-0.05, 0) is 37.6 Å². The molecule has 0 atom stereocenters. The van der Waals surface area contributed by atoms with Gasteiger partial charge in [0.1, 0.15) is 0 Å². The zero-order valence-corrected chi connectivity index (χ0v) is 13.6. The van der Waals surface area contributed by atoms with Crippen molar-refractivity contribution in [3.8, 4) is 0 Å². The third-order valence-corrected chi connectivity index (χ3v) is 2.63. The van der Waals surface area contributed by atoms with Gasteiger partial charge in [0.25, 0.3) is 0 Å². The van der Waals surface area contributed by atoms with Gasteiger partial charge in [-0.1, -0.05) is 38.1 Å². The highest BCUT2D eigenvalue weighted by atomic mass is 15.4. The minimum absolute atomic E-state index is 1.00. The molecule has 2 N–H and O–H groups in total. The monoisotopic (exact) mass is 274 g/mol. The van der Waals surface area contributed by atoms with Gasteiger partial charge in [-0.2, -0.15) is 5.10 Å². The van der Waals surface area contributed by atoms with Crippen molar-refractivity contribution in [3.05, 3.63) is 54.3 Å². The standard InChI is InChI=1S/C15H21N3.C2H6/c1-5-14(11-12-16-3)13(2)17-18(4)15-9-7-6-8-10-15;1-2/h5-12,16H,1-4H3;1-2H3/p+1/b12-11-,14-5+,17-13+;. The first-order valence-corrected chi connectivity index (χ1v) is 7.15. The second-order valence-electron chi connectivity index (χ2n) is 3.98. The molecule has 0 saturated heterocycles. The fraction of sp³-hybridized carbons (Fsp3) is 0.353. The Morgan fingerprint density at radius 2 is 1.80 bits per heavy atom. The number of nitrogens with zero attached hydrogens (tertiary/aromatic N) is 2. The third-order valence-electron chi connectivity index (χ3n) is 2.63. The van der Waals surface area contributed by atoms with Crippen molar-refractivity contribution in [1.29, 1.82) is 0 Å². The van der Waals surface area contributed by atoms with Gasteiger partial charge in [0.05, 0.1) is 24.6 Å². The SMILES string of the molecule is C/C=C(\C=C/[NH2+]C)C(/C)=N/N(C)c1ccccc1.CC. The van der Waals surface area contributed by atoms with Crippen LogP contribution in [0.5, 0.6) is 0 Å². The predicted molar refractivity (Wildman–Crippen MR) is 90.0 cm³/mol. The van der Waals surface area contributed by atoms with Gasteiger partial charge in [-0.15, -0.1) is 0 Å². The zero-order chi connectivity index (χ0) is 15.4. The Balaban J connectivity index is 0.00000172. The lowest BCUT2D eigenvalue weighted by Gasteiger charge is -2.14. The molecule has 1 aromatic carbocycles. The van der Waals surface area contributed by atoms with Crippen molar-refractivity contribution in [2.75, 3.05) is 19.1 Å². The lowest BCUT2D eigenvalue weighted by Crippen LogP contribution is -2.72. The molecule has 20 heavy (non-hydrogen) atoms. The number of quaternary nitrogens is 1. The molecule has 0 spiro atoms. The number of para-hydroxylation sites is 1. The van der Waals surface area contributed by atoms with Crippen molar-refractivity contribution < 1.29 is 5.32 Å². The lowest BCUT2D eigenvalue weighted by molar-refractivity contribution is -0.556. The first-order valence-electron chi connectivity index (χ1n) is 7.15. The van der Waals surface area contributed by atoms with Gasteiger partial charge < -0.3 is 5.32 Å². The summed E-state index contributed by atoms with van der Waals surface area (Å²) in [6, 6.07) is 10.1. The van der Waals surface area contributed by atoms with E-state index >= 15 is 0 Å². The summed E-state index contributed by atoms with van der Waals surface area (Å²) in [5.74, 6) is 0. The van der Waals surface area contributed by atoms with Crippen LogP contribution in [-0.2, 0) is 0 Å². The number of anilines is 1. The smallest absolute Gasteiger partial charge is 0.0930 e. The fourth-order valence-corrected chi connectivity index (χ4v) is 1.61. The number of hydrazone groups is 1. The minimum atomic E-state index is 1.00. The lowest BCUT2D eigenvalue weighted by atomic mass is 10.1. The maximum atomic E-state index is 4.59. The van der Waals surface area contributed by atoms with Crippen LogP contribution >= 0.6 is 0 Å². The molecular weight excluding hydrogens is 246 g/mol. The molecule has 3 heteroatoms. The number of hydrogen-bond acceptors (Lipinski definition) is 2. The summed E-state index contributed by atoms with van der Waals surface area (Å²) < 4.78 is 0. The number of hydrogen-bond donors (Lipinski definition) is 1. The highest BCUT2D eigenvalue weighted by Gasteiger charge is 2.01. The van der Waals surface area contributed by atoms with E-state index in [9.17, 15) is 0 Å². The molecule has 0 heterocycles. The van der Waals surface area contributed by atoms with E-state index in [0.29, 0.717) is 0 Å². The molecule has 110 valence electrons. The maximum absolute atomic E-state index is 4.59. The van der Waals surface area contributed by atoms with Crippen molar-refractivity contribution in [2.24, 2.45) is 5.10 Å². The molecule has 3 nitrogen and oxygen atoms in total. The summed E-state index contributed by atoms with van der Waals surface area (Å²) in [5, 5.41) is 8.49. The Morgan fingerprint density at radius 3 is 2.30 bits per heavy atom. The summed E-state index contributed by atoms with van der Waals surface area (Å²) >= 11 is 0. The number of allylic oxidation sites excluding steroid dienone is 3. The Hall–Kier alpha value is -1.87. The van der Waals surface area contributed by atoms with Crippen LogP contribution in [-0.4, -0.2) is 19.8 Å². The Kier molecular flexibility index (Phi) is 9.97. The van der Waals surface area contributed by atoms with E-state index in [0.717, 1.165) is 17.0 Å². The Bertz CT molecular complexity index is 445. The predicted octanol–water partition coefficient (Wildman–Crippen LogP) is 3.18.